The molecule has 0 saturated heterocycles. The number of nitrogens with zero attached hydrogens (tertiary/aromatic N) is 1. The molecule has 0 N–H and O–H groups in total. The largest absolute Gasteiger partial charge is 0.302 e. The fraction of sp³-hybridized carbons (Fsp3) is 0.571. The molecule has 0 bridgehead atoms. The molecule has 1 aromatic carbocycles. The molecule has 0 saturated carbocycles. The van der Waals surface area contributed by atoms with Gasteiger partial charge in [-0.05, 0) is 41.6 Å². The van der Waals surface area contributed by atoms with Gasteiger partial charge >= 0.3 is 0 Å². The van der Waals surface area contributed by atoms with Gasteiger partial charge in [-0.15, -0.1) is 0 Å². The smallest absolute Gasteiger partial charge is 0.0234 e. The molecule has 1 aromatic rings. The van der Waals surface area contributed by atoms with Crippen molar-refractivity contribution in [1.82, 2.24) is 4.90 Å². The van der Waals surface area contributed by atoms with E-state index in [4.69, 9.17) is 0 Å². The molecule has 0 unspecified atom stereocenters. The van der Waals surface area contributed by atoms with E-state index in [-0.39, 0.29) is 5.41 Å². The SMILES string of the molecule is CN1CCc2c(Br)cc(C(C)(C)C)cc2C1. The van der Waals surface area contributed by atoms with E-state index >= 15 is 0 Å². The van der Waals surface area contributed by atoms with Crippen LogP contribution in [0.4, 0.5) is 0 Å². The maximum atomic E-state index is 3.73. The van der Waals surface area contributed by atoms with Crippen molar-refractivity contribution in [3.05, 3.63) is 33.3 Å². The Morgan fingerprint density at radius 1 is 1.25 bits per heavy atom. The van der Waals surface area contributed by atoms with Gasteiger partial charge in [0.1, 0.15) is 0 Å². The second-order valence-corrected chi connectivity index (χ2v) is 6.69. The summed E-state index contributed by atoms with van der Waals surface area (Å²) in [7, 11) is 2.20. The van der Waals surface area contributed by atoms with Crippen LogP contribution in [0.25, 0.3) is 0 Å². The van der Waals surface area contributed by atoms with Crippen molar-refractivity contribution in [2.45, 2.75) is 39.2 Å². The zero-order valence-corrected chi connectivity index (χ0v) is 12.2. The summed E-state index contributed by atoms with van der Waals surface area (Å²) in [6.45, 7) is 9.06. The number of benzene rings is 1. The van der Waals surface area contributed by atoms with E-state index in [0.717, 1.165) is 13.0 Å². The van der Waals surface area contributed by atoms with E-state index in [1.54, 1.807) is 0 Å². The highest BCUT2D eigenvalue weighted by molar-refractivity contribution is 9.10. The van der Waals surface area contributed by atoms with Crippen LogP contribution in [0, 0.1) is 0 Å². The lowest BCUT2D eigenvalue weighted by Crippen LogP contribution is -2.27. The highest BCUT2D eigenvalue weighted by atomic mass is 79.9. The van der Waals surface area contributed by atoms with Crippen LogP contribution < -0.4 is 0 Å². The van der Waals surface area contributed by atoms with Gasteiger partial charge in [-0.3, -0.25) is 0 Å². The molecule has 0 aliphatic carbocycles. The first-order valence-corrected chi connectivity index (χ1v) is 6.67. The Labute approximate surface area is 107 Å². The molecule has 16 heavy (non-hydrogen) atoms. The second-order valence-electron chi connectivity index (χ2n) is 5.83. The molecule has 0 amide bonds. The summed E-state index contributed by atoms with van der Waals surface area (Å²) in [5.41, 5.74) is 4.65. The topological polar surface area (TPSA) is 3.24 Å². The van der Waals surface area contributed by atoms with Crippen molar-refractivity contribution in [2.75, 3.05) is 13.6 Å². The van der Waals surface area contributed by atoms with Crippen LogP contribution >= 0.6 is 15.9 Å². The Morgan fingerprint density at radius 3 is 2.56 bits per heavy atom. The molecule has 2 heteroatoms. The van der Waals surface area contributed by atoms with Crippen LogP contribution in [0.3, 0.4) is 0 Å². The molecule has 1 aliphatic rings. The minimum absolute atomic E-state index is 0.230. The zero-order valence-electron chi connectivity index (χ0n) is 10.6. The third-order valence-electron chi connectivity index (χ3n) is 3.34. The normalized spacial score (nSPS) is 17.3. The Hall–Kier alpha value is -0.340. The predicted molar refractivity (Wildman–Crippen MR) is 72.9 cm³/mol. The van der Waals surface area contributed by atoms with E-state index in [1.807, 2.05) is 0 Å². The first kappa shape index (κ1) is 12.1. The van der Waals surface area contributed by atoms with Crippen molar-refractivity contribution < 1.29 is 0 Å². The van der Waals surface area contributed by atoms with Gasteiger partial charge in [-0.2, -0.15) is 0 Å². The number of rotatable bonds is 0. The van der Waals surface area contributed by atoms with E-state index in [9.17, 15) is 0 Å². The number of likely N-dealkylation sites (N-methyl/N-ethyl adjacent to an activating group) is 1. The number of hydrogen-bond acceptors (Lipinski definition) is 1. The first-order chi connectivity index (χ1) is 7.38. The third kappa shape index (κ3) is 2.33. The molecule has 1 aliphatic heterocycles. The van der Waals surface area contributed by atoms with Gasteiger partial charge in [0.05, 0.1) is 0 Å². The summed E-state index contributed by atoms with van der Waals surface area (Å²) in [6.07, 6.45) is 1.16. The monoisotopic (exact) mass is 281 g/mol. The first-order valence-electron chi connectivity index (χ1n) is 5.88. The van der Waals surface area contributed by atoms with E-state index in [1.165, 1.54) is 27.7 Å². The van der Waals surface area contributed by atoms with Gasteiger partial charge in [0.15, 0.2) is 0 Å². The lowest BCUT2D eigenvalue weighted by atomic mass is 9.84. The van der Waals surface area contributed by atoms with Crippen molar-refractivity contribution in [2.24, 2.45) is 0 Å². The predicted octanol–water partition coefficient (Wildman–Crippen LogP) is 3.73. The van der Waals surface area contributed by atoms with Crippen LogP contribution in [0.15, 0.2) is 16.6 Å². The highest BCUT2D eigenvalue weighted by Crippen LogP contribution is 2.32. The Kier molecular flexibility index (Phi) is 3.15. The zero-order chi connectivity index (χ0) is 11.9. The fourth-order valence-electron chi connectivity index (χ4n) is 2.22. The summed E-state index contributed by atoms with van der Waals surface area (Å²) in [5.74, 6) is 0. The quantitative estimate of drug-likeness (QED) is 0.700. The third-order valence-corrected chi connectivity index (χ3v) is 4.05. The average molecular weight is 282 g/mol. The summed E-state index contributed by atoms with van der Waals surface area (Å²) in [4.78, 5) is 2.39. The fourth-order valence-corrected chi connectivity index (χ4v) is 2.92. The van der Waals surface area contributed by atoms with Crippen LogP contribution in [0.1, 0.15) is 37.5 Å². The van der Waals surface area contributed by atoms with Crippen LogP contribution in [-0.2, 0) is 18.4 Å². The van der Waals surface area contributed by atoms with Crippen molar-refractivity contribution in [3.63, 3.8) is 0 Å². The van der Waals surface area contributed by atoms with Crippen molar-refractivity contribution in [1.29, 1.82) is 0 Å². The highest BCUT2D eigenvalue weighted by Gasteiger charge is 2.21. The molecule has 0 aromatic heterocycles. The molecule has 0 radical (unpaired) electrons. The molecule has 0 fully saturated rings. The Morgan fingerprint density at radius 2 is 1.94 bits per heavy atom. The molecule has 0 spiro atoms. The summed E-state index contributed by atoms with van der Waals surface area (Å²) < 4.78 is 1.29. The number of hydrogen-bond donors (Lipinski definition) is 0. The Balaban J connectivity index is 2.48. The lowest BCUT2D eigenvalue weighted by Gasteiger charge is -2.29. The summed E-state index contributed by atoms with van der Waals surface area (Å²) >= 11 is 3.73. The second kappa shape index (κ2) is 4.15. The van der Waals surface area contributed by atoms with Gasteiger partial charge in [-0.1, -0.05) is 42.8 Å². The Bertz CT molecular complexity index is 404. The maximum Gasteiger partial charge on any atom is 0.0234 e. The van der Waals surface area contributed by atoms with Gasteiger partial charge in [0.25, 0.3) is 0 Å². The van der Waals surface area contributed by atoms with Crippen LogP contribution in [-0.4, -0.2) is 18.5 Å². The molecule has 1 nitrogen and oxygen atoms in total. The van der Waals surface area contributed by atoms with E-state index < -0.39 is 0 Å². The van der Waals surface area contributed by atoms with Gasteiger partial charge in [-0.25, -0.2) is 0 Å². The molecule has 88 valence electrons. The van der Waals surface area contributed by atoms with Gasteiger partial charge in [0.2, 0.25) is 0 Å². The van der Waals surface area contributed by atoms with Gasteiger partial charge < -0.3 is 4.90 Å². The molecule has 0 atom stereocenters. The van der Waals surface area contributed by atoms with E-state index in [0.29, 0.717) is 0 Å². The minimum atomic E-state index is 0.230. The van der Waals surface area contributed by atoms with E-state index in [2.05, 4.69) is 60.8 Å². The number of halogens is 1. The molecule has 2 rings (SSSR count). The lowest BCUT2D eigenvalue weighted by molar-refractivity contribution is 0.312. The molecular weight excluding hydrogens is 262 g/mol. The molecule has 1 heterocycles. The van der Waals surface area contributed by atoms with Gasteiger partial charge in [0, 0.05) is 17.6 Å². The summed E-state index contributed by atoms with van der Waals surface area (Å²) in [5, 5.41) is 0. The maximum absolute atomic E-state index is 3.73. The van der Waals surface area contributed by atoms with Crippen LogP contribution in [0.2, 0.25) is 0 Å². The van der Waals surface area contributed by atoms with Crippen molar-refractivity contribution >= 4 is 15.9 Å². The molecular formula is C14H20BrN. The minimum Gasteiger partial charge on any atom is -0.302 e. The van der Waals surface area contributed by atoms with Crippen molar-refractivity contribution in [3.8, 4) is 0 Å². The standard InChI is InChI=1S/C14H20BrN/c1-14(2,3)11-7-10-9-16(4)6-5-12(10)13(15)8-11/h7-8H,5-6,9H2,1-4H3. The average Bonchev–Trinajstić information content (AvgIpc) is 2.15. The summed E-state index contributed by atoms with van der Waals surface area (Å²) in [6, 6.07) is 4.68. The van der Waals surface area contributed by atoms with Crippen LogP contribution in [0.5, 0.6) is 0 Å². The number of fused-ring (bicyclic) bond motifs is 1.